The van der Waals surface area contributed by atoms with Gasteiger partial charge in [-0.15, -0.1) is 5.10 Å². The zero-order valence-electron chi connectivity index (χ0n) is 12.2. The summed E-state index contributed by atoms with van der Waals surface area (Å²) in [5.74, 6) is 1.25. The van der Waals surface area contributed by atoms with E-state index in [0.717, 1.165) is 19.4 Å². The van der Waals surface area contributed by atoms with Crippen LogP contribution in [0, 0.1) is 5.92 Å². The quantitative estimate of drug-likeness (QED) is 0.747. The number of nitrogens with zero attached hydrogens (tertiary/aromatic N) is 2. The summed E-state index contributed by atoms with van der Waals surface area (Å²) in [6.07, 6.45) is 2.19. The highest BCUT2D eigenvalue weighted by molar-refractivity contribution is 5.22. The lowest BCUT2D eigenvalue weighted by atomic mass is 9.99. The summed E-state index contributed by atoms with van der Waals surface area (Å²) in [6, 6.07) is 0.509. The van der Waals surface area contributed by atoms with Crippen molar-refractivity contribution in [2.75, 3.05) is 11.9 Å². The van der Waals surface area contributed by atoms with E-state index in [-0.39, 0.29) is 5.54 Å². The van der Waals surface area contributed by atoms with Crippen molar-refractivity contribution in [1.82, 2.24) is 15.5 Å². The SMILES string of the molecule is CCCC(C)(C)Nc1nnc(CNCC(C)C)o1. The van der Waals surface area contributed by atoms with Gasteiger partial charge in [0.1, 0.15) is 0 Å². The Labute approximate surface area is 110 Å². The summed E-state index contributed by atoms with van der Waals surface area (Å²) in [6.45, 7) is 12.4. The van der Waals surface area contributed by atoms with Crippen LogP contribution in [0.4, 0.5) is 6.01 Å². The number of anilines is 1. The lowest BCUT2D eigenvalue weighted by molar-refractivity contribution is 0.437. The number of hydrogen-bond donors (Lipinski definition) is 2. The molecular weight excluding hydrogens is 228 g/mol. The molecule has 1 heterocycles. The Bertz CT molecular complexity index is 347. The van der Waals surface area contributed by atoms with Gasteiger partial charge >= 0.3 is 6.01 Å². The maximum Gasteiger partial charge on any atom is 0.315 e. The molecule has 2 N–H and O–H groups in total. The summed E-state index contributed by atoms with van der Waals surface area (Å²) in [5, 5.41) is 14.6. The van der Waals surface area contributed by atoms with Crippen LogP contribution in [0.15, 0.2) is 4.42 Å². The maximum atomic E-state index is 5.55. The van der Waals surface area contributed by atoms with Gasteiger partial charge in [0.15, 0.2) is 0 Å². The molecule has 1 aromatic rings. The number of hydrogen-bond acceptors (Lipinski definition) is 5. The largest absolute Gasteiger partial charge is 0.407 e. The molecule has 1 aromatic heterocycles. The van der Waals surface area contributed by atoms with E-state index in [2.05, 4.69) is 55.4 Å². The average Bonchev–Trinajstić information content (AvgIpc) is 2.64. The van der Waals surface area contributed by atoms with Gasteiger partial charge < -0.3 is 15.1 Å². The fourth-order valence-corrected chi connectivity index (χ4v) is 1.82. The van der Waals surface area contributed by atoms with Crippen LogP contribution < -0.4 is 10.6 Å². The van der Waals surface area contributed by atoms with Crippen molar-refractivity contribution in [2.24, 2.45) is 5.92 Å². The molecule has 5 nitrogen and oxygen atoms in total. The highest BCUT2D eigenvalue weighted by Crippen LogP contribution is 2.18. The van der Waals surface area contributed by atoms with Crippen LogP contribution in [0.25, 0.3) is 0 Å². The molecule has 18 heavy (non-hydrogen) atoms. The van der Waals surface area contributed by atoms with Gasteiger partial charge in [0, 0.05) is 5.54 Å². The fourth-order valence-electron chi connectivity index (χ4n) is 1.82. The molecule has 0 atom stereocenters. The average molecular weight is 254 g/mol. The molecule has 0 aliphatic rings. The van der Waals surface area contributed by atoms with Crippen molar-refractivity contribution in [2.45, 2.75) is 59.5 Å². The lowest BCUT2D eigenvalue weighted by Gasteiger charge is -2.23. The van der Waals surface area contributed by atoms with Gasteiger partial charge in [-0.05, 0) is 32.7 Å². The summed E-state index contributed by atoms with van der Waals surface area (Å²) in [5.41, 5.74) is -0.0100. The molecule has 0 amide bonds. The van der Waals surface area contributed by atoms with E-state index in [1.807, 2.05) is 0 Å². The Morgan fingerprint density at radius 1 is 1.28 bits per heavy atom. The Hall–Kier alpha value is -1.10. The molecule has 0 saturated heterocycles. The third-order valence-electron chi connectivity index (χ3n) is 2.62. The second-order valence-corrected chi connectivity index (χ2v) is 5.78. The molecule has 0 aliphatic heterocycles. The van der Waals surface area contributed by atoms with Crippen LogP contribution in [-0.4, -0.2) is 22.3 Å². The standard InChI is InChI=1S/C13H26N4O/c1-6-7-13(4,5)15-12-17-16-11(18-12)9-14-8-10(2)3/h10,14H,6-9H2,1-5H3,(H,15,17). The Morgan fingerprint density at radius 3 is 2.61 bits per heavy atom. The van der Waals surface area contributed by atoms with Crippen molar-refractivity contribution in [3.8, 4) is 0 Å². The zero-order chi connectivity index (χ0) is 13.6. The highest BCUT2D eigenvalue weighted by Gasteiger charge is 2.19. The first-order chi connectivity index (χ1) is 8.43. The van der Waals surface area contributed by atoms with Gasteiger partial charge in [-0.2, -0.15) is 0 Å². The second kappa shape index (κ2) is 6.73. The van der Waals surface area contributed by atoms with Crippen LogP contribution in [0.5, 0.6) is 0 Å². The summed E-state index contributed by atoms with van der Waals surface area (Å²) in [7, 11) is 0. The number of aromatic nitrogens is 2. The normalized spacial score (nSPS) is 12.1. The van der Waals surface area contributed by atoms with Gasteiger partial charge in [-0.25, -0.2) is 0 Å². The zero-order valence-corrected chi connectivity index (χ0v) is 12.2. The Morgan fingerprint density at radius 2 is 2.00 bits per heavy atom. The minimum Gasteiger partial charge on any atom is -0.407 e. The first kappa shape index (κ1) is 15.0. The fraction of sp³-hybridized carbons (Fsp3) is 0.846. The molecule has 0 radical (unpaired) electrons. The van der Waals surface area contributed by atoms with Crippen molar-refractivity contribution < 1.29 is 4.42 Å². The first-order valence-corrected chi connectivity index (χ1v) is 6.74. The monoisotopic (exact) mass is 254 g/mol. The van der Waals surface area contributed by atoms with Crippen molar-refractivity contribution in [3.05, 3.63) is 5.89 Å². The molecule has 0 fully saturated rings. The van der Waals surface area contributed by atoms with Crippen molar-refractivity contribution in [1.29, 1.82) is 0 Å². The van der Waals surface area contributed by atoms with Crippen molar-refractivity contribution in [3.63, 3.8) is 0 Å². The minimum absolute atomic E-state index is 0.0100. The molecular formula is C13H26N4O. The van der Waals surface area contributed by atoms with Crippen LogP contribution in [0.3, 0.4) is 0 Å². The van der Waals surface area contributed by atoms with E-state index in [9.17, 15) is 0 Å². The second-order valence-electron chi connectivity index (χ2n) is 5.78. The Balaban J connectivity index is 2.43. The van der Waals surface area contributed by atoms with Crippen LogP contribution in [0.1, 0.15) is 53.4 Å². The topological polar surface area (TPSA) is 63.0 Å². The third kappa shape index (κ3) is 5.49. The molecule has 0 aromatic carbocycles. The van der Waals surface area contributed by atoms with E-state index in [0.29, 0.717) is 24.4 Å². The number of rotatable bonds is 8. The molecule has 5 heteroatoms. The molecule has 1 rings (SSSR count). The molecule has 0 bridgehead atoms. The summed E-state index contributed by atoms with van der Waals surface area (Å²) < 4.78 is 5.55. The predicted molar refractivity (Wildman–Crippen MR) is 73.5 cm³/mol. The smallest absolute Gasteiger partial charge is 0.315 e. The lowest BCUT2D eigenvalue weighted by Crippen LogP contribution is -2.30. The van der Waals surface area contributed by atoms with Crippen LogP contribution in [0.2, 0.25) is 0 Å². The van der Waals surface area contributed by atoms with Crippen molar-refractivity contribution >= 4 is 6.01 Å². The van der Waals surface area contributed by atoms with E-state index in [4.69, 9.17) is 4.42 Å². The van der Waals surface area contributed by atoms with Gasteiger partial charge in [0.05, 0.1) is 6.54 Å². The highest BCUT2D eigenvalue weighted by atomic mass is 16.4. The maximum absolute atomic E-state index is 5.55. The molecule has 0 aliphatic carbocycles. The van der Waals surface area contributed by atoms with Crippen LogP contribution >= 0.6 is 0 Å². The molecule has 0 spiro atoms. The van der Waals surface area contributed by atoms with E-state index in [1.54, 1.807) is 0 Å². The number of nitrogens with one attached hydrogen (secondary N) is 2. The van der Waals surface area contributed by atoms with E-state index in [1.165, 1.54) is 0 Å². The van der Waals surface area contributed by atoms with Gasteiger partial charge in [-0.3, -0.25) is 0 Å². The van der Waals surface area contributed by atoms with Gasteiger partial charge in [-0.1, -0.05) is 32.3 Å². The minimum atomic E-state index is -0.0100. The third-order valence-corrected chi connectivity index (χ3v) is 2.62. The Kier molecular flexibility index (Phi) is 5.59. The van der Waals surface area contributed by atoms with E-state index < -0.39 is 0 Å². The van der Waals surface area contributed by atoms with E-state index >= 15 is 0 Å². The molecule has 0 unspecified atom stereocenters. The molecule has 0 saturated carbocycles. The van der Waals surface area contributed by atoms with Gasteiger partial charge in [0.25, 0.3) is 0 Å². The first-order valence-electron chi connectivity index (χ1n) is 6.74. The molecule has 104 valence electrons. The summed E-state index contributed by atoms with van der Waals surface area (Å²) >= 11 is 0. The van der Waals surface area contributed by atoms with Crippen LogP contribution in [-0.2, 0) is 6.54 Å². The summed E-state index contributed by atoms with van der Waals surface area (Å²) in [4.78, 5) is 0. The van der Waals surface area contributed by atoms with Gasteiger partial charge in [0.2, 0.25) is 5.89 Å². The predicted octanol–water partition coefficient (Wildman–Crippen LogP) is 2.81.